The number of anilines is 3. The third-order valence-corrected chi connectivity index (χ3v) is 5.39. The molecule has 2 amide bonds. The topological polar surface area (TPSA) is 124 Å². The lowest BCUT2D eigenvalue weighted by molar-refractivity contribution is -0.181. The molecule has 3 aromatic heterocycles. The van der Waals surface area contributed by atoms with E-state index in [-0.39, 0.29) is 22.2 Å². The molecule has 4 heterocycles. The van der Waals surface area contributed by atoms with Crippen molar-refractivity contribution in [3.8, 4) is 0 Å². The summed E-state index contributed by atoms with van der Waals surface area (Å²) in [6.45, 7) is -0.107. The first-order valence-electron chi connectivity index (χ1n) is 9.30. The van der Waals surface area contributed by atoms with Crippen LogP contribution in [0.3, 0.4) is 0 Å². The van der Waals surface area contributed by atoms with Gasteiger partial charge in [-0.25, -0.2) is 19.3 Å². The molecule has 0 saturated carbocycles. The van der Waals surface area contributed by atoms with Crippen LogP contribution >= 0.6 is 11.6 Å². The Morgan fingerprint density at radius 3 is 2.71 bits per heavy atom. The van der Waals surface area contributed by atoms with Gasteiger partial charge in [0.1, 0.15) is 5.41 Å². The summed E-state index contributed by atoms with van der Waals surface area (Å²) >= 11 is 6.06. The molecule has 10 nitrogen and oxygen atoms in total. The highest BCUT2D eigenvalue weighted by Crippen LogP contribution is 2.50. The number of alkyl halides is 3. The number of carbonyl (C=O) groups is 1. The summed E-state index contributed by atoms with van der Waals surface area (Å²) in [6, 6.07) is 0.276. The maximum Gasteiger partial charge on any atom is 0.401 e. The van der Waals surface area contributed by atoms with E-state index >= 15 is 0 Å². The Bertz CT molecular complexity index is 1340. The monoisotopic (exact) mass is 501 g/mol. The van der Waals surface area contributed by atoms with Gasteiger partial charge in [-0.1, -0.05) is 11.6 Å². The Morgan fingerprint density at radius 1 is 1.32 bits per heavy atom. The maximum absolute atomic E-state index is 14.1. The molecule has 0 aliphatic carbocycles. The Kier molecular flexibility index (Phi) is 5.59. The highest BCUT2D eigenvalue weighted by atomic mass is 35.5. The molecule has 4 rings (SSSR count). The smallest absolute Gasteiger partial charge is 0.307 e. The fourth-order valence-corrected chi connectivity index (χ4v) is 3.64. The minimum atomic E-state index is -4.90. The summed E-state index contributed by atoms with van der Waals surface area (Å²) in [5.41, 5.74) is -1.90. The molecular formula is C18H13ClF5N9O. The Balaban J connectivity index is 1.70. The predicted molar refractivity (Wildman–Crippen MR) is 113 cm³/mol. The minimum Gasteiger partial charge on any atom is -0.307 e. The average Bonchev–Trinajstić information content (AvgIpc) is 3.24. The van der Waals surface area contributed by atoms with Crippen molar-refractivity contribution in [2.75, 3.05) is 22.2 Å². The van der Waals surface area contributed by atoms with Gasteiger partial charge in [0.05, 0.1) is 40.7 Å². The van der Waals surface area contributed by atoms with Crippen LogP contribution in [0.1, 0.15) is 12.6 Å². The number of amides is 2. The second-order valence-electron chi connectivity index (χ2n) is 7.29. The number of hydrogen-bond acceptors (Lipinski definition) is 7. The molecule has 34 heavy (non-hydrogen) atoms. The van der Waals surface area contributed by atoms with Gasteiger partial charge in [0.25, 0.3) is 5.95 Å². The van der Waals surface area contributed by atoms with Crippen LogP contribution in [0, 0.1) is 17.2 Å². The summed E-state index contributed by atoms with van der Waals surface area (Å²) in [4.78, 5) is 21.2. The van der Waals surface area contributed by atoms with Gasteiger partial charge in [0, 0.05) is 12.8 Å². The van der Waals surface area contributed by atoms with Crippen molar-refractivity contribution in [2.45, 2.75) is 18.5 Å². The van der Waals surface area contributed by atoms with E-state index in [0.717, 1.165) is 30.4 Å². The molecule has 0 radical (unpaired) electrons. The lowest BCUT2D eigenvalue weighted by Crippen LogP contribution is -2.46. The first-order valence-corrected chi connectivity index (χ1v) is 9.68. The molecule has 3 aromatic rings. The molecular weight excluding hydrogens is 489 g/mol. The van der Waals surface area contributed by atoms with Gasteiger partial charge in [-0.3, -0.25) is 10.3 Å². The van der Waals surface area contributed by atoms with Gasteiger partial charge in [-0.15, -0.1) is 5.10 Å². The molecule has 0 fully saturated rings. The van der Waals surface area contributed by atoms with Gasteiger partial charge in [-0.2, -0.15) is 27.1 Å². The predicted octanol–water partition coefficient (Wildman–Crippen LogP) is 3.98. The van der Waals surface area contributed by atoms with Crippen LogP contribution in [-0.2, 0) is 5.41 Å². The number of fused-ring (bicyclic) bond motifs is 3. The first-order chi connectivity index (χ1) is 16.0. The van der Waals surface area contributed by atoms with Crippen LogP contribution in [0.15, 0.2) is 23.6 Å². The number of rotatable bonds is 4. The standard InChI is InChI=1S/C18H13ClF5N9O/c1-17(18(22,23)24)7-32(10-6-27-15-11(20)13(21)31-33(15)12(10)17)16(34)29-8-4-9(19)14(26-5-8)30-28-3-2-25/h2-6,25H,7H2,1H3,(H,26,30)(H,29,34)/b25-2?,28-3-/t17-/m0/s1. The summed E-state index contributed by atoms with van der Waals surface area (Å²) in [6.07, 6.45) is -0.846. The van der Waals surface area contributed by atoms with Gasteiger partial charge < -0.3 is 10.7 Å². The van der Waals surface area contributed by atoms with E-state index in [2.05, 4.69) is 30.9 Å². The van der Waals surface area contributed by atoms with Crippen LogP contribution in [0.25, 0.3) is 5.65 Å². The molecule has 0 unspecified atom stereocenters. The number of nitrogens with one attached hydrogen (secondary N) is 3. The lowest BCUT2D eigenvalue weighted by atomic mass is 9.87. The Hall–Kier alpha value is -3.88. The zero-order valence-corrected chi connectivity index (χ0v) is 17.7. The zero-order chi connectivity index (χ0) is 24.8. The normalized spacial score (nSPS) is 17.9. The van der Waals surface area contributed by atoms with Gasteiger partial charge in [0.15, 0.2) is 11.5 Å². The second-order valence-corrected chi connectivity index (χ2v) is 7.70. The number of aromatic nitrogens is 4. The molecule has 178 valence electrons. The van der Waals surface area contributed by atoms with Crippen molar-refractivity contribution in [3.05, 3.63) is 40.9 Å². The second kappa shape index (κ2) is 8.16. The number of hydrazone groups is 1. The van der Waals surface area contributed by atoms with E-state index in [1.165, 1.54) is 12.3 Å². The summed E-state index contributed by atoms with van der Waals surface area (Å²) < 4.78 is 70.3. The first kappa shape index (κ1) is 23.3. The molecule has 1 aliphatic heterocycles. The van der Waals surface area contributed by atoms with Crippen LogP contribution in [0.2, 0.25) is 5.02 Å². The van der Waals surface area contributed by atoms with E-state index in [1.807, 2.05) is 0 Å². The highest BCUT2D eigenvalue weighted by molar-refractivity contribution is 6.33. The van der Waals surface area contributed by atoms with Crippen molar-refractivity contribution < 1.29 is 26.7 Å². The van der Waals surface area contributed by atoms with Crippen LogP contribution in [-0.4, -0.2) is 50.8 Å². The van der Waals surface area contributed by atoms with E-state index in [4.69, 9.17) is 17.0 Å². The quantitative estimate of drug-likeness (QED) is 0.283. The molecule has 3 N–H and O–H groups in total. The lowest BCUT2D eigenvalue weighted by Gasteiger charge is -2.28. The van der Waals surface area contributed by atoms with Gasteiger partial charge in [0.2, 0.25) is 5.82 Å². The minimum absolute atomic E-state index is 0.0211. The SMILES string of the molecule is C[C@]1(C(F)(F)F)CN(C(=O)Nc2cnc(N/N=C\C=N)c(Cl)c2)c2cnc3c(F)c(F)nn3c21. The molecule has 16 heteroatoms. The number of halogens is 6. The Morgan fingerprint density at radius 2 is 2.06 bits per heavy atom. The molecule has 0 aromatic carbocycles. The summed E-state index contributed by atoms with van der Waals surface area (Å²) in [5.74, 6) is -3.02. The number of hydrogen-bond donors (Lipinski definition) is 3. The molecule has 0 saturated heterocycles. The molecule has 1 atom stereocenters. The molecule has 0 spiro atoms. The fourth-order valence-electron chi connectivity index (χ4n) is 3.43. The average molecular weight is 502 g/mol. The fraction of sp³-hybridized carbons (Fsp3) is 0.222. The number of carbonyl (C=O) groups excluding carboxylic acids is 1. The molecule has 1 aliphatic rings. The van der Waals surface area contributed by atoms with E-state index < -0.39 is 47.3 Å². The van der Waals surface area contributed by atoms with Crippen molar-refractivity contribution >= 4 is 52.9 Å². The molecule has 0 bridgehead atoms. The van der Waals surface area contributed by atoms with Crippen LogP contribution in [0.5, 0.6) is 0 Å². The Labute approximate surface area is 191 Å². The largest absolute Gasteiger partial charge is 0.401 e. The number of pyridine rings is 1. The summed E-state index contributed by atoms with van der Waals surface area (Å²) in [7, 11) is 0. The third-order valence-electron chi connectivity index (χ3n) is 5.10. The number of urea groups is 1. The van der Waals surface area contributed by atoms with Crippen molar-refractivity contribution in [3.63, 3.8) is 0 Å². The van der Waals surface area contributed by atoms with Crippen LogP contribution < -0.4 is 15.6 Å². The third kappa shape index (κ3) is 3.67. The van der Waals surface area contributed by atoms with E-state index in [9.17, 15) is 26.7 Å². The van der Waals surface area contributed by atoms with Crippen molar-refractivity contribution in [1.29, 1.82) is 5.41 Å². The summed E-state index contributed by atoms with van der Waals surface area (Å²) in [5, 5.41) is 16.1. The van der Waals surface area contributed by atoms with Crippen molar-refractivity contribution in [1.82, 2.24) is 19.6 Å². The zero-order valence-electron chi connectivity index (χ0n) is 17.0. The van der Waals surface area contributed by atoms with Gasteiger partial charge >= 0.3 is 12.2 Å². The number of nitrogens with zero attached hydrogens (tertiary/aromatic N) is 6. The van der Waals surface area contributed by atoms with Crippen LogP contribution in [0.4, 0.5) is 43.9 Å². The van der Waals surface area contributed by atoms with Crippen molar-refractivity contribution in [2.24, 2.45) is 5.10 Å². The highest BCUT2D eigenvalue weighted by Gasteiger charge is 2.60. The van der Waals surface area contributed by atoms with E-state index in [0.29, 0.717) is 4.52 Å². The maximum atomic E-state index is 14.1. The van der Waals surface area contributed by atoms with E-state index in [1.54, 1.807) is 0 Å². The van der Waals surface area contributed by atoms with Gasteiger partial charge in [-0.05, 0) is 13.0 Å².